The molecular formula is C14H20ClNO. The first-order valence-electron chi connectivity index (χ1n) is 6.25. The average Bonchev–Trinajstić information content (AvgIpc) is 2.33. The molecule has 94 valence electrons. The first-order valence-corrected chi connectivity index (χ1v) is 6.62. The lowest BCUT2D eigenvalue weighted by atomic mass is 9.85. The number of halogens is 1. The molecule has 1 aliphatic rings. The third-order valence-electron chi connectivity index (χ3n) is 3.68. The van der Waals surface area contributed by atoms with Gasteiger partial charge < -0.3 is 10.5 Å². The van der Waals surface area contributed by atoms with Crippen LogP contribution in [0.1, 0.15) is 31.7 Å². The normalized spacial score (nSPS) is 26.8. The van der Waals surface area contributed by atoms with E-state index in [2.05, 4.69) is 6.92 Å². The number of rotatable bonds is 3. The van der Waals surface area contributed by atoms with Crippen molar-refractivity contribution in [2.45, 2.75) is 44.2 Å². The van der Waals surface area contributed by atoms with Crippen molar-refractivity contribution in [1.29, 1.82) is 0 Å². The van der Waals surface area contributed by atoms with Crippen LogP contribution >= 0.6 is 11.6 Å². The summed E-state index contributed by atoms with van der Waals surface area (Å²) >= 11 is 6.16. The highest BCUT2D eigenvalue weighted by atomic mass is 35.5. The van der Waals surface area contributed by atoms with Gasteiger partial charge in [0.1, 0.15) is 0 Å². The fourth-order valence-electron chi connectivity index (χ4n) is 2.36. The van der Waals surface area contributed by atoms with Gasteiger partial charge in [0.2, 0.25) is 0 Å². The zero-order chi connectivity index (χ0) is 12.3. The quantitative estimate of drug-likeness (QED) is 0.898. The van der Waals surface area contributed by atoms with Crippen molar-refractivity contribution < 1.29 is 4.74 Å². The Morgan fingerprint density at radius 2 is 2.18 bits per heavy atom. The van der Waals surface area contributed by atoms with Gasteiger partial charge in [0, 0.05) is 17.7 Å². The van der Waals surface area contributed by atoms with Gasteiger partial charge in [-0.25, -0.2) is 0 Å². The van der Waals surface area contributed by atoms with E-state index in [0.717, 1.165) is 36.5 Å². The van der Waals surface area contributed by atoms with Gasteiger partial charge in [0.25, 0.3) is 0 Å². The van der Waals surface area contributed by atoms with E-state index in [1.54, 1.807) is 0 Å². The van der Waals surface area contributed by atoms with E-state index in [-0.39, 0.29) is 11.6 Å². The van der Waals surface area contributed by atoms with Crippen LogP contribution in [0.5, 0.6) is 0 Å². The molecule has 2 unspecified atom stereocenters. The molecule has 2 rings (SSSR count). The lowest BCUT2D eigenvalue weighted by molar-refractivity contribution is -0.0808. The number of hydrogen-bond donors (Lipinski definition) is 1. The second-order valence-electron chi connectivity index (χ2n) is 5.02. The lowest BCUT2D eigenvalue weighted by Gasteiger charge is -2.39. The number of hydrogen-bond acceptors (Lipinski definition) is 2. The van der Waals surface area contributed by atoms with Crippen LogP contribution in [0.2, 0.25) is 5.02 Å². The van der Waals surface area contributed by atoms with Gasteiger partial charge >= 0.3 is 0 Å². The minimum absolute atomic E-state index is 0.00250. The minimum atomic E-state index is -0.197. The van der Waals surface area contributed by atoms with Gasteiger partial charge in [-0.3, -0.25) is 0 Å². The molecular weight excluding hydrogens is 234 g/mol. The summed E-state index contributed by atoms with van der Waals surface area (Å²) in [4.78, 5) is 0. The fourth-order valence-corrected chi connectivity index (χ4v) is 2.58. The molecule has 1 aromatic carbocycles. The number of ether oxygens (including phenoxy) is 1. The number of nitrogens with two attached hydrogens (primary N) is 1. The maximum absolute atomic E-state index is 6.30. The molecule has 2 N–H and O–H groups in total. The van der Waals surface area contributed by atoms with Crippen molar-refractivity contribution in [1.82, 2.24) is 0 Å². The summed E-state index contributed by atoms with van der Waals surface area (Å²) in [5, 5.41) is 0.794. The van der Waals surface area contributed by atoms with Crippen LogP contribution in [0.15, 0.2) is 24.3 Å². The summed E-state index contributed by atoms with van der Waals surface area (Å²) in [6.07, 6.45) is 4.16. The smallest absolute Gasteiger partial charge is 0.0807 e. The van der Waals surface area contributed by atoms with Gasteiger partial charge in [-0.15, -0.1) is 0 Å². The van der Waals surface area contributed by atoms with Crippen molar-refractivity contribution in [2.24, 2.45) is 5.73 Å². The molecule has 1 aliphatic heterocycles. The molecule has 0 amide bonds. The van der Waals surface area contributed by atoms with E-state index in [9.17, 15) is 0 Å². The van der Waals surface area contributed by atoms with Crippen molar-refractivity contribution in [3.63, 3.8) is 0 Å². The van der Waals surface area contributed by atoms with E-state index in [0.29, 0.717) is 0 Å². The zero-order valence-electron chi connectivity index (χ0n) is 10.3. The van der Waals surface area contributed by atoms with Gasteiger partial charge in [0.05, 0.1) is 5.60 Å². The molecule has 0 spiro atoms. The van der Waals surface area contributed by atoms with E-state index in [1.165, 1.54) is 6.42 Å². The fraction of sp³-hybridized carbons (Fsp3) is 0.571. The molecule has 17 heavy (non-hydrogen) atoms. The van der Waals surface area contributed by atoms with Crippen molar-refractivity contribution in [2.75, 3.05) is 6.61 Å². The molecule has 0 saturated carbocycles. The van der Waals surface area contributed by atoms with E-state index in [1.807, 2.05) is 24.3 Å². The van der Waals surface area contributed by atoms with Crippen LogP contribution < -0.4 is 5.73 Å². The average molecular weight is 254 g/mol. The molecule has 0 bridgehead atoms. The van der Waals surface area contributed by atoms with Gasteiger partial charge in [0.15, 0.2) is 0 Å². The standard InChI is InChI=1S/C14H20ClNO/c1-14(8-4-5-9-17-14)13(16)10-11-6-2-3-7-12(11)15/h2-3,6-7,13H,4-5,8-10,16H2,1H3. The van der Waals surface area contributed by atoms with Crippen LogP contribution in [0.4, 0.5) is 0 Å². The van der Waals surface area contributed by atoms with Crippen LogP contribution in [0, 0.1) is 0 Å². The highest BCUT2D eigenvalue weighted by molar-refractivity contribution is 6.31. The first kappa shape index (κ1) is 12.9. The Bertz CT molecular complexity index is 374. The molecule has 1 heterocycles. The molecule has 0 aromatic heterocycles. The summed E-state index contributed by atoms with van der Waals surface area (Å²) < 4.78 is 5.87. The molecule has 1 saturated heterocycles. The summed E-state index contributed by atoms with van der Waals surface area (Å²) in [5.74, 6) is 0. The van der Waals surface area contributed by atoms with Crippen LogP contribution in [0.25, 0.3) is 0 Å². The zero-order valence-corrected chi connectivity index (χ0v) is 11.0. The summed E-state index contributed by atoms with van der Waals surface area (Å²) in [6.45, 7) is 2.94. The Labute approximate surface area is 108 Å². The highest BCUT2D eigenvalue weighted by Gasteiger charge is 2.34. The minimum Gasteiger partial charge on any atom is -0.374 e. The summed E-state index contributed by atoms with van der Waals surface area (Å²) in [6, 6.07) is 7.89. The van der Waals surface area contributed by atoms with E-state index < -0.39 is 0 Å². The molecule has 2 atom stereocenters. The highest BCUT2D eigenvalue weighted by Crippen LogP contribution is 2.29. The topological polar surface area (TPSA) is 35.2 Å². The Kier molecular flexibility index (Phi) is 4.08. The Balaban J connectivity index is 2.05. The SMILES string of the molecule is CC1(C(N)Cc2ccccc2Cl)CCCCO1. The Morgan fingerprint density at radius 1 is 1.41 bits per heavy atom. The van der Waals surface area contributed by atoms with E-state index >= 15 is 0 Å². The Hall–Kier alpha value is -0.570. The molecule has 3 heteroatoms. The van der Waals surface area contributed by atoms with Gasteiger partial charge in [-0.2, -0.15) is 0 Å². The third-order valence-corrected chi connectivity index (χ3v) is 4.05. The monoisotopic (exact) mass is 253 g/mol. The maximum atomic E-state index is 6.30. The summed E-state index contributed by atoms with van der Waals surface area (Å²) in [7, 11) is 0. The second kappa shape index (κ2) is 5.38. The van der Waals surface area contributed by atoms with Gasteiger partial charge in [-0.1, -0.05) is 29.8 Å². The van der Waals surface area contributed by atoms with Crippen molar-refractivity contribution in [3.8, 4) is 0 Å². The Morgan fingerprint density at radius 3 is 2.82 bits per heavy atom. The predicted octanol–water partition coefficient (Wildman–Crippen LogP) is 3.17. The lowest BCUT2D eigenvalue weighted by Crippen LogP contribution is -2.50. The number of benzene rings is 1. The maximum Gasteiger partial charge on any atom is 0.0807 e. The van der Waals surface area contributed by atoms with Crippen molar-refractivity contribution >= 4 is 11.6 Å². The largest absolute Gasteiger partial charge is 0.374 e. The molecule has 1 aromatic rings. The summed E-state index contributed by atoms with van der Waals surface area (Å²) in [5.41, 5.74) is 7.21. The van der Waals surface area contributed by atoms with Gasteiger partial charge in [-0.05, 0) is 44.2 Å². The first-order chi connectivity index (χ1) is 8.12. The molecule has 1 fully saturated rings. The third kappa shape index (κ3) is 3.01. The molecule has 2 nitrogen and oxygen atoms in total. The van der Waals surface area contributed by atoms with Crippen molar-refractivity contribution in [3.05, 3.63) is 34.9 Å². The van der Waals surface area contributed by atoms with Crippen LogP contribution in [0.3, 0.4) is 0 Å². The van der Waals surface area contributed by atoms with E-state index in [4.69, 9.17) is 22.1 Å². The molecule has 0 radical (unpaired) electrons. The van der Waals surface area contributed by atoms with Crippen LogP contribution in [-0.2, 0) is 11.2 Å². The molecule has 0 aliphatic carbocycles. The predicted molar refractivity (Wildman–Crippen MR) is 71.3 cm³/mol. The second-order valence-corrected chi connectivity index (χ2v) is 5.43. The van der Waals surface area contributed by atoms with Crippen LogP contribution in [-0.4, -0.2) is 18.2 Å².